The maximum atomic E-state index is 12.2. The van der Waals surface area contributed by atoms with Crippen molar-refractivity contribution in [3.63, 3.8) is 0 Å². The van der Waals surface area contributed by atoms with Crippen molar-refractivity contribution in [3.8, 4) is 11.5 Å². The normalized spacial score (nSPS) is 10.3. The molecule has 0 radical (unpaired) electrons. The summed E-state index contributed by atoms with van der Waals surface area (Å²) in [5.74, 6) is 1.16. The number of carbonyl (C=O) groups excluding carboxylic acids is 1. The smallest absolute Gasteiger partial charge is 0.348 e. The minimum absolute atomic E-state index is 0.382. The highest BCUT2D eigenvalue weighted by atomic mass is 32.1. The Labute approximate surface area is 174 Å². The molecule has 3 aromatic rings. The number of thiophene rings is 1. The highest BCUT2D eigenvalue weighted by molar-refractivity contribution is 7.15. The molecule has 0 aliphatic carbocycles. The molecule has 0 bridgehead atoms. The van der Waals surface area contributed by atoms with Gasteiger partial charge in [0.2, 0.25) is 0 Å². The molecule has 1 heterocycles. The van der Waals surface area contributed by atoms with Crippen molar-refractivity contribution in [2.24, 2.45) is 0 Å². The first-order chi connectivity index (χ1) is 14.0. The standard InChI is InChI=1S/C24H22O4S/c1-15(17-6-10-19(26-3)11-7-17)21-14-22(24(25)28-5)29-23(21)16(2)18-8-12-20(27-4)13-9-18/h6-14H,1-2H2,3-5H3. The first-order valence-electron chi connectivity index (χ1n) is 8.88. The zero-order valence-corrected chi connectivity index (χ0v) is 17.5. The number of ether oxygens (including phenoxy) is 3. The molecule has 29 heavy (non-hydrogen) atoms. The molecule has 0 fully saturated rings. The second kappa shape index (κ2) is 8.80. The third kappa shape index (κ3) is 4.25. The minimum Gasteiger partial charge on any atom is -0.497 e. The predicted octanol–water partition coefficient (Wildman–Crippen LogP) is 5.67. The van der Waals surface area contributed by atoms with E-state index in [1.807, 2.05) is 54.6 Å². The Kier molecular flexibility index (Phi) is 6.20. The third-order valence-electron chi connectivity index (χ3n) is 4.59. The molecule has 5 heteroatoms. The lowest BCUT2D eigenvalue weighted by molar-refractivity contribution is 0.0606. The molecule has 0 atom stereocenters. The van der Waals surface area contributed by atoms with E-state index >= 15 is 0 Å². The van der Waals surface area contributed by atoms with E-state index in [-0.39, 0.29) is 5.97 Å². The van der Waals surface area contributed by atoms with Crippen molar-refractivity contribution in [1.82, 2.24) is 0 Å². The molecule has 148 valence electrons. The summed E-state index contributed by atoms with van der Waals surface area (Å²) >= 11 is 1.34. The lowest BCUT2D eigenvalue weighted by Crippen LogP contribution is -1.97. The summed E-state index contributed by atoms with van der Waals surface area (Å²) in [5, 5.41) is 0. The van der Waals surface area contributed by atoms with Crippen LogP contribution >= 0.6 is 11.3 Å². The van der Waals surface area contributed by atoms with Crippen LogP contribution in [0.5, 0.6) is 11.5 Å². The number of esters is 1. The lowest BCUT2D eigenvalue weighted by Gasteiger charge is -2.11. The van der Waals surface area contributed by atoms with Gasteiger partial charge in [0.15, 0.2) is 0 Å². The van der Waals surface area contributed by atoms with Gasteiger partial charge in [-0.3, -0.25) is 0 Å². The molecule has 0 saturated carbocycles. The molecule has 4 nitrogen and oxygen atoms in total. The summed E-state index contributed by atoms with van der Waals surface area (Å²) in [4.78, 5) is 13.5. The second-order valence-corrected chi connectivity index (χ2v) is 7.31. The summed E-state index contributed by atoms with van der Waals surface area (Å²) in [6.45, 7) is 8.54. The van der Waals surface area contributed by atoms with Crippen LogP contribution in [-0.4, -0.2) is 27.3 Å². The number of hydrogen-bond donors (Lipinski definition) is 0. The van der Waals surface area contributed by atoms with Crippen LogP contribution in [0.15, 0.2) is 67.8 Å². The topological polar surface area (TPSA) is 44.8 Å². The van der Waals surface area contributed by atoms with E-state index in [0.717, 1.165) is 44.2 Å². The summed E-state index contributed by atoms with van der Waals surface area (Å²) in [7, 11) is 4.63. The lowest BCUT2D eigenvalue weighted by atomic mass is 9.95. The summed E-state index contributed by atoms with van der Waals surface area (Å²) < 4.78 is 15.4. The van der Waals surface area contributed by atoms with Gasteiger partial charge in [0, 0.05) is 10.4 Å². The monoisotopic (exact) mass is 406 g/mol. The maximum absolute atomic E-state index is 12.2. The van der Waals surface area contributed by atoms with Crippen LogP contribution in [0.3, 0.4) is 0 Å². The Morgan fingerprint density at radius 1 is 0.793 bits per heavy atom. The Balaban J connectivity index is 2.04. The summed E-state index contributed by atoms with van der Waals surface area (Å²) in [5.41, 5.74) is 4.32. The van der Waals surface area contributed by atoms with Crippen LogP contribution in [0.4, 0.5) is 0 Å². The van der Waals surface area contributed by atoms with Crippen LogP contribution in [0.25, 0.3) is 11.1 Å². The van der Waals surface area contributed by atoms with Gasteiger partial charge < -0.3 is 14.2 Å². The molecule has 0 spiro atoms. The molecule has 0 amide bonds. The van der Waals surface area contributed by atoms with Gasteiger partial charge in [0.25, 0.3) is 0 Å². The number of hydrogen-bond acceptors (Lipinski definition) is 5. The van der Waals surface area contributed by atoms with Crippen molar-refractivity contribution < 1.29 is 19.0 Å². The fourth-order valence-corrected chi connectivity index (χ4v) is 4.01. The molecule has 0 unspecified atom stereocenters. The van der Waals surface area contributed by atoms with Crippen LogP contribution in [-0.2, 0) is 4.74 Å². The van der Waals surface area contributed by atoms with Gasteiger partial charge in [-0.1, -0.05) is 37.4 Å². The van der Waals surface area contributed by atoms with Crippen molar-refractivity contribution in [2.75, 3.05) is 21.3 Å². The van der Waals surface area contributed by atoms with Gasteiger partial charge >= 0.3 is 5.97 Å². The number of rotatable bonds is 7. The summed E-state index contributed by atoms with van der Waals surface area (Å²) in [6, 6.07) is 17.1. The van der Waals surface area contributed by atoms with Crippen LogP contribution in [0, 0.1) is 0 Å². The molecular formula is C24H22O4S. The van der Waals surface area contributed by atoms with E-state index < -0.39 is 0 Å². The first-order valence-corrected chi connectivity index (χ1v) is 9.69. The van der Waals surface area contributed by atoms with Crippen molar-refractivity contribution in [1.29, 1.82) is 0 Å². The van der Waals surface area contributed by atoms with Crippen LogP contribution < -0.4 is 9.47 Å². The van der Waals surface area contributed by atoms with Gasteiger partial charge in [-0.15, -0.1) is 11.3 Å². The van der Waals surface area contributed by atoms with Gasteiger partial charge in [-0.05, 0) is 52.6 Å². The maximum Gasteiger partial charge on any atom is 0.348 e. The Hall–Kier alpha value is -3.31. The zero-order chi connectivity index (χ0) is 21.0. The van der Waals surface area contributed by atoms with E-state index in [0.29, 0.717) is 4.88 Å². The Morgan fingerprint density at radius 2 is 1.28 bits per heavy atom. The first kappa shape index (κ1) is 20.4. The van der Waals surface area contributed by atoms with E-state index in [2.05, 4.69) is 13.2 Å². The number of methoxy groups -OCH3 is 3. The van der Waals surface area contributed by atoms with E-state index in [1.54, 1.807) is 14.2 Å². The van der Waals surface area contributed by atoms with E-state index in [9.17, 15) is 4.79 Å². The molecular weight excluding hydrogens is 384 g/mol. The third-order valence-corrected chi connectivity index (χ3v) is 5.77. The van der Waals surface area contributed by atoms with Crippen LogP contribution in [0.2, 0.25) is 0 Å². The molecule has 3 rings (SSSR count). The molecule has 0 N–H and O–H groups in total. The summed E-state index contributed by atoms with van der Waals surface area (Å²) in [6.07, 6.45) is 0. The SMILES string of the molecule is C=C(c1ccc(OC)cc1)c1cc(C(=O)OC)sc1C(=C)c1ccc(OC)cc1. The van der Waals surface area contributed by atoms with Crippen molar-refractivity contribution >= 4 is 28.5 Å². The largest absolute Gasteiger partial charge is 0.497 e. The quantitative estimate of drug-likeness (QED) is 0.474. The predicted molar refractivity (Wildman–Crippen MR) is 118 cm³/mol. The highest BCUT2D eigenvalue weighted by Gasteiger charge is 2.20. The van der Waals surface area contributed by atoms with E-state index in [1.165, 1.54) is 18.4 Å². The molecule has 1 aromatic heterocycles. The number of carbonyl (C=O) groups is 1. The fraction of sp³-hybridized carbons (Fsp3) is 0.125. The average molecular weight is 407 g/mol. The van der Waals surface area contributed by atoms with Crippen LogP contribution in [0.1, 0.15) is 31.2 Å². The van der Waals surface area contributed by atoms with Gasteiger partial charge in [0.05, 0.1) is 21.3 Å². The van der Waals surface area contributed by atoms with E-state index in [4.69, 9.17) is 14.2 Å². The molecule has 0 aliphatic heterocycles. The van der Waals surface area contributed by atoms with Gasteiger partial charge in [-0.2, -0.15) is 0 Å². The minimum atomic E-state index is -0.382. The Morgan fingerprint density at radius 3 is 1.72 bits per heavy atom. The fourth-order valence-electron chi connectivity index (χ4n) is 2.91. The highest BCUT2D eigenvalue weighted by Crippen LogP contribution is 2.38. The molecule has 0 saturated heterocycles. The van der Waals surface area contributed by atoms with Crippen molar-refractivity contribution in [3.05, 3.63) is 94.2 Å². The van der Waals surface area contributed by atoms with Gasteiger partial charge in [0.1, 0.15) is 16.4 Å². The number of benzene rings is 2. The average Bonchev–Trinajstić information content (AvgIpc) is 3.23. The zero-order valence-electron chi connectivity index (χ0n) is 16.7. The van der Waals surface area contributed by atoms with Gasteiger partial charge in [-0.25, -0.2) is 4.79 Å². The second-order valence-electron chi connectivity index (χ2n) is 6.26. The van der Waals surface area contributed by atoms with Crippen molar-refractivity contribution in [2.45, 2.75) is 0 Å². The molecule has 0 aliphatic rings. The Bertz CT molecular complexity index is 966. The molecule has 2 aromatic carbocycles.